The number of allylic oxidation sites excluding steroid dienone is 1. The molecule has 0 aliphatic carbocycles. The van der Waals surface area contributed by atoms with Gasteiger partial charge in [-0.3, -0.25) is 4.57 Å². The minimum Gasteiger partial charge on any atom is -0.394 e. The normalized spacial score (nSPS) is 26.6. The van der Waals surface area contributed by atoms with Gasteiger partial charge >= 0.3 is 5.69 Å². The fraction of sp³-hybridized carbons (Fsp3) is 0.500. The maximum atomic E-state index is 11.8. The topological polar surface area (TPSA) is 111 Å². The number of hydrogen-bond acceptors (Lipinski definition) is 6. The number of aromatic nitrogens is 2. The molecule has 1 aliphatic rings. The second-order valence-corrected chi connectivity index (χ2v) is 4.62. The van der Waals surface area contributed by atoms with E-state index >= 15 is 0 Å². The van der Waals surface area contributed by atoms with Gasteiger partial charge < -0.3 is 20.7 Å². The van der Waals surface area contributed by atoms with Crippen molar-refractivity contribution in [3.8, 4) is 0 Å². The highest BCUT2D eigenvalue weighted by atomic mass is 16.5. The molecule has 0 saturated carbocycles. The van der Waals surface area contributed by atoms with Gasteiger partial charge in [0.15, 0.2) is 0 Å². The molecule has 1 saturated heterocycles. The molecule has 7 nitrogen and oxygen atoms in total. The Morgan fingerprint density at radius 3 is 2.95 bits per heavy atom. The van der Waals surface area contributed by atoms with Gasteiger partial charge in [0.25, 0.3) is 0 Å². The highest BCUT2D eigenvalue weighted by Crippen LogP contribution is 2.28. The van der Waals surface area contributed by atoms with Gasteiger partial charge in [0, 0.05) is 18.2 Å². The molecule has 1 aliphatic heterocycles. The first kappa shape index (κ1) is 13.7. The Bertz CT molecular complexity index is 554. The van der Waals surface area contributed by atoms with E-state index in [0.717, 1.165) is 0 Å². The first-order chi connectivity index (χ1) is 8.93. The maximum Gasteiger partial charge on any atom is 0.351 e. The van der Waals surface area contributed by atoms with Gasteiger partial charge in [0.1, 0.15) is 18.1 Å². The van der Waals surface area contributed by atoms with Crippen molar-refractivity contribution in [1.82, 2.24) is 9.55 Å². The van der Waals surface area contributed by atoms with Crippen LogP contribution in [0.3, 0.4) is 0 Å². The molecular weight excluding hydrogens is 250 g/mol. The summed E-state index contributed by atoms with van der Waals surface area (Å²) in [5.41, 5.74) is 6.34. The number of nitrogens with zero attached hydrogens (tertiary/aromatic N) is 2. The monoisotopic (exact) mass is 267 g/mol. The third-order valence-corrected chi connectivity index (χ3v) is 3.14. The summed E-state index contributed by atoms with van der Waals surface area (Å²) < 4.78 is 6.68. The van der Waals surface area contributed by atoms with E-state index < -0.39 is 24.1 Å². The Labute approximate surface area is 110 Å². The summed E-state index contributed by atoms with van der Waals surface area (Å²) in [6.07, 6.45) is -0.433. The van der Waals surface area contributed by atoms with Crippen LogP contribution in [0.4, 0.5) is 5.82 Å². The first-order valence-electron chi connectivity index (χ1n) is 5.93. The van der Waals surface area contributed by atoms with Gasteiger partial charge in [0.2, 0.25) is 0 Å². The van der Waals surface area contributed by atoms with Crippen molar-refractivity contribution in [3.05, 3.63) is 28.8 Å². The zero-order valence-corrected chi connectivity index (χ0v) is 10.6. The van der Waals surface area contributed by atoms with Crippen LogP contribution in [0.15, 0.2) is 17.6 Å². The maximum absolute atomic E-state index is 11.8. The van der Waals surface area contributed by atoms with Crippen LogP contribution in [0.25, 0.3) is 5.57 Å². The van der Waals surface area contributed by atoms with Gasteiger partial charge in [-0.05, 0) is 12.5 Å². The third kappa shape index (κ3) is 2.53. The number of nitrogen functional groups attached to an aromatic ring is 1. The molecule has 2 rings (SSSR count). The van der Waals surface area contributed by atoms with E-state index in [1.165, 1.54) is 10.8 Å². The van der Waals surface area contributed by atoms with Gasteiger partial charge in [0.05, 0.1) is 12.7 Å². The molecule has 2 heterocycles. The van der Waals surface area contributed by atoms with E-state index in [1.54, 1.807) is 6.92 Å². The summed E-state index contributed by atoms with van der Waals surface area (Å²) in [4.78, 5) is 15.5. The highest BCUT2D eigenvalue weighted by molar-refractivity contribution is 5.68. The van der Waals surface area contributed by atoms with Crippen LogP contribution in [-0.2, 0) is 4.74 Å². The van der Waals surface area contributed by atoms with E-state index in [0.29, 0.717) is 11.1 Å². The molecule has 0 spiro atoms. The van der Waals surface area contributed by atoms with Gasteiger partial charge in [-0.2, -0.15) is 4.98 Å². The number of hydrogen-bond donors (Lipinski definition) is 3. The minimum absolute atomic E-state index is 0.117. The van der Waals surface area contributed by atoms with Crippen LogP contribution in [-0.4, -0.2) is 38.6 Å². The van der Waals surface area contributed by atoms with Gasteiger partial charge in [-0.25, -0.2) is 4.79 Å². The van der Waals surface area contributed by atoms with E-state index in [9.17, 15) is 9.90 Å². The van der Waals surface area contributed by atoms with Crippen LogP contribution in [0, 0.1) is 0 Å². The van der Waals surface area contributed by atoms with E-state index in [2.05, 4.69) is 11.6 Å². The molecule has 1 aromatic heterocycles. The average molecular weight is 267 g/mol. The van der Waals surface area contributed by atoms with E-state index in [-0.39, 0.29) is 18.8 Å². The van der Waals surface area contributed by atoms with E-state index in [1.807, 2.05) is 0 Å². The number of aliphatic hydroxyl groups excluding tert-OH is 2. The number of anilines is 1. The quantitative estimate of drug-likeness (QED) is 0.681. The summed E-state index contributed by atoms with van der Waals surface area (Å²) in [5, 5.41) is 18.7. The van der Waals surface area contributed by atoms with Crippen molar-refractivity contribution in [2.75, 3.05) is 12.3 Å². The standard InChI is InChI=1S/C12H17N3O4/c1-6(2)7-4-15(12(18)14-11(7)13)10-3-8(17)9(5-16)19-10/h4,8-10,16-17H,1,3,5H2,2H3,(H2,13,14,18)/t8-,9+,10+/m1/s1. The van der Waals surface area contributed by atoms with Crippen molar-refractivity contribution < 1.29 is 14.9 Å². The zero-order chi connectivity index (χ0) is 14.2. The fourth-order valence-electron chi connectivity index (χ4n) is 2.07. The largest absolute Gasteiger partial charge is 0.394 e. The molecular formula is C12H17N3O4. The number of rotatable bonds is 3. The molecule has 104 valence electrons. The fourth-order valence-corrected chi connectivity index (χ4v) is 2.07. The summed E-state index contributed by atoms with van der Waals surface area (Å²) >= 11 is 0. The molecule has 7 heteroatoms. The lowest BCUT2D eigenvalue weighted by atomic mass is 10.1. The van der Waals surface area contributed by atoms with Crippen LogP contribution in [0.5, 0.6) is 0 Å². The predicted molar refractivity (Wildman–Crippen MR) is 69.2 cm³/mol. The molecule has 0 unspecified atom stereocenters. The summed E-state index contributed by atoms with van der Waals surface area (Å²) in [7, 11) is 0. The van der Waals surface area contributed by atoms with Crippen molar-refractivity contribution in [2.24, 2.45) is 0 Å². The molecule has 19 heavy (non-hydrogen) atoms. The Hall–Kier alpha value is -1.70. The molecule has 0 bridgehead atoms. The number of aliphatic hydroxyl groups is 2. The molecule has 0 amide bonds. The second-order valence-electron chi connectivity index (χ2n) is 4.62. The Morgan fingerprint density at radius 2 is 2.42 bits per heavy atom. The van der Waals surface area contributed by atoms with Gasteiger partial charge in [-0.15, -0.1) is 0 Å². The Balaban J connectivity index is 2.38. The molecule has 0 aromatic carbocycles. The number of ether oxygens (including phenoxy) is 1. The van der Waals surface area contributed by atoms with Crippen LogP contribution in [0.2, 0.25) is 0 Å². The second kappa shape index (κ2) is 5.12. The lowest BCUT2D eigenvalue weighted by Crippen LogP contribution is -2.29. The lowest BCUT2D eigenvalue weighted by Gasteiger charge is -2.16. The van der Waals surface area contributed by atoms with Crippen LogP contribution >= 0.6 is 0 Å². The van der Waals surface area contributed by atoms with Crippen LogP contribution in [0.1, 0.15) is 25.1 Å². The van der Waals surface area contributed by atoms with E-state index in [4.69, 9.17) is 15.6 Å². The summed E-state index contributed by atoms with van der Waals surface area (Å²) in [6.45, 7) is 5.21. The minimum atomic E-state index is -0.812. The molecule has 1 aromatic rings. The predicted octanol–water partition coefficient (Wildman–Crippen LogP) is -0.501. The molecule has 4 N–H and O–H groups in total. The highest BCUT2D eigenvalue weighted by Gasteiger charge is 2.35. The first-order valence-corrected chi connectivity index (χ1v) is 5.93. The molecule has 3 atom stereocenters. The molecule has 0 radical (unpaired) electrons. The SMILES string of the molecule is C=C(C)c1cn([C@@H]2C[C@@H](O)[C@H](CO)O2)c(=O)nc1N. The lowest BCUT2D eigenvalue weighted by molar-refractivity contribution is -0.0458. The Morgan fingerprint density at radius 1 is 1.74 bits per heavy atom. The van der Waals surface area contributed by atoms with Crippen LogP contribution < -0.4 is 11.4 Å². The summed E-state index contributed by atoms with van der Waals surface area (Å²) in [6, 6.07) is 0. The smallest absolute Gasteiger partial charge is 0.351 e. The van der Waals surface area contributed by atoms with Crippen molar-refractivity contribution in [2.45, 2.75) is 31.8 Å². The Kier molecular flexibility index (Phi) is 3.70. The van der Waals surface area contributed by atoms with Crippen molar-refractivity contribution >= 4 is 11.4 Å². The third-order valence-electron chi connectivity index (χ3n) is 3.14. The van der Waals surface area contributed by atoms with Crippen molar-refractivity contribution in [1.29, 1.82) is 0 Å². The molecule has 1 fully saturated rings. The average Bonchev–Trinajstić information content (AvgIpc) is 2.69. The number of nitrogens with two attached hydrogens (primary N) is 1. The zero-order valence-electron chi connectivity index (χ0n) is 10.6. The summed E-state index contributed by atoms with van der Waals surface area (Å²) in [5.74, 6) is 0.117. The van der Waals surface area contributed by atoms with Crippen molar-refractivity contribution in [3.63, 3.8) is 0 Å². The van der Waals surface area contributed by atoms with Gasteiger partial charge in [-0.1, -0.05) is 6.58 Å².